The number of rotatable bonds is 3. The Morgan fingerprint density at radius 3 is 2.71 bits per heavy atom. The minimum Gasteiger partial charge on any atom is -0.273 e. The third-order valence-electron chi connectivity index (χ3n) is 3.22. The molecule has 2 aromatic rings. The predicted molar refractivity (Wildman–Crippen MR) is 82.3 cm³/mol. The second-order valence-electron chi connectivity index (χ2n) is 4.72. The van der Waals surface area contributed by atoms with Crippen LogP contribution >= 0.6 is 22.9 Å². The maximum absolute atomic E-state index is 12.8. The summed E-state index contributed by atoms with van der Waals surface area (Å²) >= 11 is 7.37. The van der Waals surface area contributed by atoms with Gasteiger partial charge in [-0.25, -0.2) is 9.40 Å². The smallest absolute Gasteiger partial charge is 0.247 e. The highest BCUT2D eigenvalue weighted by Crippen LogP contribution is 2.25. The number of hydrazone groups is 1. The summed E-state index contributed by atoms with van der Waals surface area (Å²) in [5.41, 5.74) is 1.67. The highest BCUT2D eigenvalue weighted by Gasteiger charge is 2.22. The zero-order valence-corrected chi connectivity index (χ0v) is 12.6. The van der Waals surface area contributed by atoms with Gasteiger partial charge in [-0.3, -0.25) is 4.79 Å². The van der Waals surface area contributed by atoms with Crippen molar-refractivity contribution in [3.05, 3.63) is 57.0 Å². The number of thiophene rings is 1. The molecule has 0 radical (unpaired) electrons. The number of hydrogen-bond acceptors (Lipinski definition) is 3. The standard InChI is InChI=1S/C15H12ClFN2OS/c16-14-6-5-13(21-14)12-7-8-19(18-12)15(20)9-10-1-3-11(17)4-2-10/h1-6H,7-9H2. The first-order valence-electron chi connectivity index (χ1n) is 6.50. The number of carbonyl (C=O) groups excluding carboxylic acids is 1. The fourth-order valence-corrected chi connectivity index (χ4v) is 3.20. The van der Waals surface area contributed by atoms with Crippen LogP contribution in [0.2, 0.25) is 4.34 Å². The molecular formula is C15H12ClFN2OS. The molecule has 21 heavy (non-hydrogen) atoms. The number of halogens is 2. The van der Waals surface area contributed by atoms with Gasteiger partial charge in [-0.05, 0) is 29.8 Å². The van der Waals surface area contributed by atoms with Crippen molar-refractivity contribution in [3.8, 4) is 0 Å². The molecule has 1 amide bonds. The molecule has 0 saturated heterocycles. The lowest BCUT2D eigenvalue weighted by molar-refractivity contribution is -0.130. The third kappa shape index (κ3) is 3.31. The molecule has 2 heterocycles. The second kappa shape index (κ2) is 5.95. The van der Waals surface area contributed by atoms with Gasteiger partial charge in [0.25, 0.3) is 0 Å². The SMILES string of the molecule is O=C(Cc1ccc(F)cc1)N1CCC(c2ccc(Cl)s2)=N1. The van der Waals surface area contributed by atoms with Gasteiger partial charge in [0.15, 0.2) is 0 Å². The maximum Gasteiger partial charge on any atom is 0.247 e. The summed E-state index contributed by atoms with van der Waals surface area (Å²) in [5.74, 6) is -0.387. The lowest BCUT2D eigenvalue weighted by Gasteiger charge is -2.11. The van der Waals surface area contributed by atoms with Gasteiger partial charge in [0.1, 0.15) is 5.82 Å². The van der Waals surface area contributed by atoms with Crippen molar-refractivity contribution in [2.24, 2.45) is 5.10 Å². The minimum atomic E-state index is -0.303. The molecule has 0 bridgehead atoms. The quantitative estimate of drug-likeness (QED) is 0.847. The Bertz CT molecular complexity index is 696. The van der Waals surface area contributed by atoms with Crippen LogP contribution in [0.3, 0.4) is 0 Å². The van der Waals surface area contributed by atoms with Crippen LogP contribution < -0.4 is 0 Å². The molecular weight excluding hydrogens is 311 g/mol. The van der Waals surface area contributed by atoms with Gasteiger partial charge in [0.2, 0.25) is 5.91 Å². The number of hydrogen-bond donors (Lipinski definition) is 0. The van der Waals surface area contributed by atoms with Crippen molar-refractivity contribution in [2.45, 2.75) is 12.8 Å². The van der Waals surface area contributed by atoms with Crippen LogP contribution in [0, 0.1) is 5.82 Å². The summed E-state index contributed by atoms with van der Waals surface area (Å²) in [6.45, 7) is 0.574. The van der Waals surface area contributed by atoms with E-state index in [1.807, 2.05) is 12.1 Å². The molecule has 0 spiro atoms. The third-order valence-corrected chi connectivity index (χ3v) is 4.50. The summed E-state index contributed by atoms with van der Waals surface area (Å²) in [5, 5.41) is 5.84. The Labute approximate surface area is 130 Å². The number of benzene rings is 1. The molecule has 6 heteroatoms. The molecule has 0 N–H and O–H groups in total. The molecule has 0 saturated carbocycles. The summed E-state index contributed by atoms with van der Waals surface area (Å²) in [6, 6.07) is 9.69. The zero-order chi connectivity index (χ0) is 14.8. The first kappa shape index (κ1) is 14.2. The van der Waals surface area contributed by atoms with Gasteiger partial charge in [-0.1, -0.05) is 23.7 Å². The van der Waals surface area contributed by atoms with Crippen LogP contribution in [-0.2, 0) is 11.2 Å². The van der Waals surface area contributed by atoms with Crippen LogP contribution in [0.4, 0.5) is 4.39 Å². The average Bonchev–Trinajstić information content (AvgIpc) is 3.10. The van der Waals surface area contributed by atoms with Crippen molar-refractivity contribution in [1.82, 2.24) is 5.01 Å². The summed E-state index contributed by atoms with van der Waals surface area (Å²) in [4.78, 5) is 13.2. The predicted octanol–water partition coefficient (Wildman–Crippen LogP) is 3.72. The fraction of sp³-hybridized carbons (Fsp3) is 0.200. The Morgan fingerprint density at radius 1 is 1.29 bits per heavy atom. The largest absolute Gasteiger partial charge is 0.273 e. The van der Waals surface area contributed by atoms with Crippen molar-refractivity contribution in [1.29, 1.82) is 0 Å². The van der Waals surface area contributed by atoms with E-state index >= 15 is 0 Å². The lowest BCUT2D eigenvalue weighted by atomic mass is 10.1. The van der Waals surface area contributed by atoms with E-state index in [1.165, 1.54) is 28.5 Å². The van der Waals surface area contributed by atoms with E-state index in [1.54, 1.807) is 12.1 Å². The number of nitrogens with zero attached hydrogens (tertiary/aromatic N) is 2. The Kier molecular flexibility index (Phi) is 4.03. The maximum atomic E-state index is 12.8. The van der Waals surface area contributed by atoms with E-state index < -0.39 is 0 Å². The monoisotopic (exact) mass is 322 g/mol. The Balaban J connectivity index is 1.69. The van der Waals surface area contributed by atoms with E-state index in [4.69, 9.17) is 11.6 Å². The summed E-state index contributed by atoms with van der Waals surface area (Å²) in [6.07, 6.45) is 0.953. The van der Waals surface area contributed by atoms with Gasteiger partial charge < -0.3 is 0 Å². The van der Waals surface area contributed by atoms with Gasteiger partial charge in [0, 0.05) is 6.42 Å². The molecule has 3 nitrogen and oxygen atoms in total. The van der Waals surface area contributed by atoms with E-state index in [9.17, 15) is 9.18 Å². The van der Waals surface area contributed by atoms with Crippen molar-refractivity contribution in [3.63, 3.8) is 0 Å². The Hall–Kier alpha value is -1.72. The Morgan fingerprint density at radius 2 is 2.05 bits per heavy atom. The van der Waals surface area contributed by atoms with Crippen molar-refractivity contribution in [2.75, 3.05) is 6.54 Å². The lowest BCUT2D eigenvalue weighted by Crippen LogP contribution is -2.25. The highest BCUT2D eigenvalue weighted by atomic mass is 35.5. The molecule has 0 atom stereocenters. The van der Waals surface area contributed by atoms with Crippen LogP contribution in [0.5, 0.6) is 0 Å². The van der Waals surface area contributed by atoms with Crippen molar-refractivity contribution >= 4 is 34.6 Å². The topological polar surface area (TPSA) is 32.7 Å². The molecule has 108 valence electrons. The molecule has 0 unspecified atom stereocenters. The normalized spacial score (nSPS) is 14.4. The highest BCUT2D eigenvalue weighted by molar-refractivity contribution is 7.18. The molecule has 1 aromatic carbocycles. The second-order valence-corrected chi connectivity index (χ2v) is 6.44. The first-order chi connectivity index (χ1) is 10.1. The van der Waals surface area contributed by atoms with Crippen LogP contribution in [-0.4, -0.2) is 23.2 Å². The van der Waals surface area contributed by atoms with Crippen LogP contribution in [0.15, 0.2) is 41.5 Å². The zero-order valence-electron chi connectivity index (χ0n) is 11.1. The van der Waals surface area contributed by atoms with Crippen LogP contribution in [0.25, 0.3) is 0 Å². The summed E-state index contributed by atoms with van der Waals surface area (Å²) < 4.78 is 13.6. The average molecular weight is 323 g/mol. The molecule has 1 aromatic heterocycles. The van der Waals surface area contributed by atoms with E-state index in [2.05, 4.69) is 5.10 Å². The van der Waals surface area contributed by atoms with Crippen LogP contribution in [0.1, 0.15) is 16.9 Å². The minimum absolute atomic E-state index is 0.0840. The number of carbonyl (C=O) groups is 1. The molecule has 3 rings (SSSR count). The molecule has 1 aliphatic heterocycles. The number of amides is 1. The van der Waals surface area contributed by atoms with Gasteiger partial charge in [-0.15, -0.1) is 11.3 Å². The molecule has 0 aliphatic carbocycles. The molecule has 0 fully saturated rings. The van der Waals surface area contributed by atoms with Gasteiger partial charge in [-0.2, -0.15) is 5.10 Å². The summed E-state index contributed by atoms with van der Waals surface area (Å²) in [7, 11) is 0. The van der Waals surface area contributed by atoms with Gasteiger partial charge in [0.05, 0.1) is 27.9 Å². The van der Waals surface area contributed by atoms with E-state index in [-0.39, 0.29) is 18.1 Å². The van der Waals surface area contributed by atoms with E-state index in [0.29, 0.717) is 10.9 Å². The first-order valence-corrected chi connectivity index (χ1v) is 7.69. The van der Waals surface area contributed by atoms with Crippen molar-refractivity contribution < 1.29 is 9.18 Å². The van der Waals surface area contributed by atoms with E-state index in [0.717, 1.165) is 22.6 Å². The molecule has 1 aliphatic rings. The van der Waals surface area contributed by atoms with Gasteiger partial charge >= 0.3 is 0 Å². The fourth-order valence-electron chi connectivity index (χ4n) is 2.15.